The normalized spacial score (nSPS) is 43.9. The second-order valence-corrected chi connectivity index (χ2v) is 13.4. The molecule has 0 aromatic heterocycles. The maximum absolute atomic E-state index is 13.0. The summed E-state index contributed by atoms with van der Waals surface area (Å²) in [6.07, 6.45) is 0.665. The lowest BCUT2D eigenvalue weighted by atomic mass is 9.58. The van der Waals surface area contributed by atoms with Gasteiger partial charge in [-0.1, -0.05) is 39.8 Å². The van der Waals surface area contributed by atoms with Crippen molar-refractivity contribution in [3.63, 3.8) is 0 Å². The van der Waals surface area contributed by atoms with Crippen LogP contribution < -0.4 is 0 Å². The smallest absolute Gasteiger partial charge is 0.311 e. The van der Waals surface area contributed by atoms with Crippen molar-refractivity contribution in [2.75, 3.05) is 6.61 Å². The van der Waals surface area contributed by atoms with Crippen LogP contribution in [0.15, 0.2) is 23.3 Å². The van der Waals surface area contributed by atoms with E-state index in [0.717, 1.165) is 0 Å². The third-order valence-electron chi connectivity index (χ3n) is 9.87. The van der Waals surface area contributed by atoms with Gasteiger partial charge in [-0.2, -0.15) is 0 Å². The van der Waals surface area contributed by atoms with Gasteiger partial charge in [-0.15, -0.1) is 0 Å². The Morgan fingerprint density at radius 2 is 1.81 bits per heavy atom. The van der Waals surface area contributed by atoms with Crippen molar-refractivity contribution in [1.29, 1.82) is 0 Å². The fourth-order valence-corrected chi connectivity index (χ4v) is 7.94. The minimum Gasteiger partial charge on any atom is -0.458 e. The van der Waals surface area contributed by atoms with Gasteiger partial charge in [-0.3, -0.25) is 9.59 Å². The van der Waals surface area contributed by atoms with Gasteiger partial charge in [0.2, 0.25) is 0 Å². The van der Waals surface area contributed by atoms with E-state index in [4.69, 9.17) is 9.47 Å². The predicted molar refractivity (Wildman–Crippen MR) is 136 cm³/mol. The minimum absolute atomic E-state index is 0.152. The fourth-order valence-electron chi connectivity index (χ4n) is 7.94. The monoisotopic (exact) mass is 520 g/mol. The van der Waals surface area contributed by atoms with E-state index in [2.05, 4.69) is 0 Å². The van der Waals surface area contributed by atoms with E-state index < -0.39 is 70.2 Å². The summed E-state index contributed by atoms with van der Waals surface area (Å²) in [6, 6.07) is 0. The third kappa shape index (κ3) is 3.55. The summed E-state index contributed by atoms with van der Waals surface area (Å²) in [6.45, 7) is 14.1. The molecule has 0 aliphatic heterocycles. The quantitative estimate of drug-likeness (QED) is 0.321. The summed E-state index contributed by atoms with van der Waals surface area (Å²) in [5.74, 6) is -2.25. The van der Waals surface area contributed by atoms with Gasteiger partial charge in [-0.25, -0.2) is 0 Å². The molecule has 0 heterocycles. The van der Waals surface area contributed by atoms with E-state index in [1.807, 2.05) is 27.7 Å². The lowest BCUT2D eigenvalue weighted by Gasteiger charge is -2.52. The molecular formula is C29H44O8. The van der Waals surface area contributed by atoms with Gasteiger partial charge in [0.1, 0.15) is 17.3 Å². The molecule has 4 N–H and O–H groups in total. The molecule has 0 saturated heterocycles. The number of hydrogen-bond acceptors (Lipinski definition) is 8. The Hall–Kier alpha value is -1.74. The van der Waals surface area contributed by atoms with E-state index >= 15 is 0 Å². The number of carbonyl (C=O) groups is 2. The first-order chi connectivity index (χ1) is 17.0. The van der Waals surface area contributed by atoms with Crippen LogP contribution in [-0.4, -0.2) is 68.5 Å². The number of carbonyl (C=O) groups excluding carboxylic acids is 2. The van der Waals surface area contributed by atoms with Crippen molar-refractivity contribution < 1.29 is 39.5 Å². The second-order valence-electron chi connectivity index (χ2n) is 13.4. The van der Waals surface area contributed by atoms with Gasteiger partial charge in [-0.05, 0) is 57.6 Å². The topological polar surface area (TPSA) is 134 Å². The second kappa shape index (κ2) is 8.63. The van der Waals surface area contributed by atoms with Crippen LogP contribution in [0.2, 0.25) is 0 Å². The third-order valence-corrected chi connectivity index (χ3v) is 9.87. The molecule has 8 heteroatoms. The van der Waals surface area contributed by atoms with Gasteiger partial charge < -0.3 is 29.9 Å². The molecule has 0 aromatic rings. The molecule has 1 spiro atoms. The highest BCUT2D eigenvalue weighted by atomic mass is 16.6. The van der Waals surface area contributed by atoms with E-state index in [0.29, 0.717) is 18.4 Å². The molecule has 8 nitrogen and oxygen atoms in total. The standard InChI is InChI=1S/C29H44O8/c1-9-10-19(31)37-28-13-16(3)27-12-15(2)23(36-24(34)25(4,5)6)29(27,35)21(32)17(14-30)11-18(22(27)33)20(28)26(28,7)8/h11-12,16,18,20-23,30,32-33,35H,9-10,13-14H2,1-8H3/t16-,18+,20-,21-,22?,23+,27+,28+,29+/m1/s1. The molecule has 0 radical (unpaired) electrons. The number of rotatable bonds is 5. The summed E-state index contributed by atoms with van der Waals surface area (Å²) < 4.78 is 12.1. The summed E-state index contributed by atoms with van der Waals surface area (Å²) in [5.41, 5.74) is -5.11. The molecule has 9 atom stereocenters. The maximum atomic E-state index is 13.0. The highest BCUT2D eigenvalue weighted by Crippen LogP contribution is 2.76. The average molecular weight is 521 g/mol. The van der Waals surface area contributed by atoms with E-state index in [-0.39, 0.29) is 23.9 Å². The lowest BCUT2D eigenvalue weighted by Crippen LogP contribution is -2.67. The Morgan fingerprint density at radius 1 is 1.19 bits per heavy atom. The number of hydrogen-bond donors (Lipinski definition) is 4. The molecule has 2 saturated carbocycles. The van der Waals surface area contributed by atoms with Crippen molar-refractivity contribution in [1.82, 2.24) is 0 Å². The largest absolute Gasteiger partial charge is 0.458 e. The number of esters is 2. The van der Waals surface area contributed by atoms with Crippen LogP contribution in [0.5, 0.6) is 0 Å². The summed E-state index contributed by atoms with van der Waals surface area (Å²) in [4.78, 5) is 25.8. The molecule has 2 fully saturated rings. The molecule has 0 aromatic carbocycles. The van der Waals surface area contributed by atoms with Crippen molar-refractivity contribution in [3.05, 3.63) is 23.3 Å². The zero-order chi connectivity index (χ0) is 27.9. The molecule has 208 valence electrons. The Labute approximate surface area is 219 Å². The summed E-state index contributed by atoms with van der Waals surface area (Å²) in [7, 11) is 0. The first-order valence-electron chi connectivity index (χ1n) is 13.5. The van der Waals surface area contributed by atoms with Gasteiger partial charge in [0.25, 0.3) is 0 Å². The van der Waals surface area contributed by atoms with E-state index in [1.165, 1.54) is 0 Å². The highest BCUT2D eigenvalue weighted by molar-refractivity contribution is 5.76. The molecule has 1 unspecified atom stereocenters. The highest BCUT2D eigenvalue weighted by Gasteiger charge is 2.83. The number of ether oxygens (including phenoxy) is 2. The Kier molecular flexibility index (Phi) is 6.60. The molecule has 4 rings (SSSR count). The van der Waals surface area contributed by atoms with Crippen LogP contribution in [0, 0.1) is 34.0 Å². The van der Waals surface area contributed by atoms with Crippen molar-refractivity contribution in [2.45, 2.75) is 104 Å². The fraction of sp³-hybridized carbons (Fsp3) is 0.793. The van der Waals surface area contributed by atoms with Gasteiger partial charge in [0, 0.05) is 23.7 Å². The van der Waals surface area contributed by atoms with Crippen LogP contribution in [0.1, 0.15) is 74.7 Å². The zero-order valence-corrected chi connectivity index (χ0v) is 23.4. The van der Waals surface area contributed by atoms with Crippen LogP contribution in [0.25, 0.3) is 0 Å². The predicted octanol–water partition coefficient (Wildman–Crippen LogP) is 2.67. The SMILES string of the molecule is CCCC(=O)O[C@@]12C[C@@H](C)[C@]34C=C(C)[C@H](OC(=O)C(C)(C)C)[C@@]3(O)[C@H](O)C(CO)=C[C@H](C4O)[C@@H]1C2(C)C. The van der Waals surface area contributed by atoms with Gasteiger partial charge in [0.05, 0.1) is 23.5 Å². The minimum atomic E-state index is -2.14. The molecule has 37 heavy (non-hydrogen) atoms. The number of fused-ring (bicyclic) bond motifs is 3. The van der Waals surface area contributed by atoms with Crippen LogP contribution in [0.4, 0.5) is 0 Å². The lowest BCUT2D eigenvalue weighted by molar-refractivity contribution is -0.228. The van der Waals surface area contributed by atoms with Crippen molar-refractivity contribution in [2.24, 2.45) is 34.0 Å². The summed E-state index contributed by atoms with van der Waals surface area (Å²) in [5, 5.41) is 46.7. The van der Waals surface area contributed by atoms with Gasteiger partial charge in [0.15, 0.2) is 6.10 Å². The Morgan fingerprint density at radius 3 is 2.35 bits per heavy atom. The zero-order valence-electron chi connectivity index (χ0n) is 23.4. The molecule has 0 amide bonds. The first kappa shape index (κ1) is 28.3. The molecule has 4 aliphatic rings. The Bertz CT molecular complexity index is 1040. The van der Waals surface area contributed by atoms with Crippen LogP contribution in [0.3, 0.4) is 0 Å². The average Bonchev–Trinajstić information content (AvgIpc) is 3.18. The summed E-state index contributed by atoms with van der Waals surface area (Å²) >= 11 is 0. The number of aliphatic hydroxyl groups is 4. The maximum Gasteiger partial charge on any atom is 0.311 e. The molecular weight excluding hydrogens is 476 g/mol. The van der Waals surface area contributed by atoms with Crippen molar-refractivity contribution >= 4 is 11.9 Å². The first-order valence-corrected chi connectivity index (χ1v) is 13.5. The van der Waals surface area contributed by atoms with Crippen LogP contribution >= 0.6 is 0 Å². The Balaban J connectivity index is 1.91. The van der Waals surface area contributed by atoms with Crippen LogP contribution in [-0.2, 0) is 19.1 Å². The van der Waals surface area contributed by atoms with Gasteiger partial charge >= 0.3 is 11.9 Å². The van der Waals surface area contributed by atoms with Crippen molar-refractivity contribution in [3.8, 4) is 0 Å². The van der Waals surface area contributed by atoms with E-state index in [9.17, 15) is 30.0 Å². The van der Waals surface area contributed by atoms with E-state index in [1.54, 1.807) is 39.8 Å². The number of aliphatic hydroxyl groups excluding tert-OH is 3. The molecule has 4 aliphatic carbocycles. The molecule has 2 bridgehead atoms.